The molecule has 0 aliphatic heterocycles. The number of nitrogens with one attached hydrogen (secondary N) is 2. The molecule has 2 atom stereocenters. The van der Waals surface area contributed by atoms with Crippen molar-refractivity contribution in [3.8, 4) is 0 Å². The molecule has 38 heavy (non-hydrogen) atoms. The molecule has 1 saturated carbocycles. The van der Waals surface area contributed by atoms with Gasteiger partial charge in [-0.05, 0) is 66.4 Å². The van der Waals surface area contributed by atoms with Gasteiger partial charge < -0.3 is 26.0 Å². The first-order chi connectivity index (χ1) is 17.6. The highest BCUT2D eigenvalue weighted by atomic mass is 16.6. The molecule has 0 saturated heterocycles. The monoisotopic (exact) mass is 530 g/mol. The van der Waals surface area contributed by atoms with E-state index in [0.717, 1.165) is 37.7 Å². The smallest absolute Gasteiger partial charge is 0.408 e. The fourth-order valence-electron chi connectivity index (χ4n) is 4.75. The van der Waals surface area contributed by atoms with Gasteiger partial charge in [-0.25, -0.2) is 4.79 Å². The summed E-state index contributed by atoms with van der Waals surface area (Å²) in [7, 11) is 0. The molecule has 1 aliphatic carbocycles. The zero-order chi connectivity index (χ0) is 28.7. The number of aryl methyl sites for hydroxylation is 1. The third kappa shape index (κ3) is 9.03. The third-order valence-electron chi connectivity index (χ3n) is 6.97. The SMILES string of the molecule is CCC(C)(C)N(C(=O)C(CC(N)=O)NC(=O)OC(C)(C)C)C(C(=O)NC1CCCCC1)c1cccc(C)c1. The van der Waals surface area contributed by atoms with Gasteiger partial charge in [0.15, 0.2) is 0 Å². The van der Waals surface area contributed by atoms with E-state index < -0.39 is 47.6 Å². The normalized spacial score (nSPS) is 16.2. The van der Waals surface area contributed by atoms with Crippen molar-refractivity contribution >= 4 is 23.8 Å². The summed E-state index contributed by atoms with van der Waals surface area (Å²) < 4.78 is 5.35. The molecular formula is C29H46N4O5. The minimum atomic E-state index is -1.30. The third-order valence-corrected chi connectivity index (χ3v) is 6.97. The Bertz CT molecular complexity index is 995. The summed E-state index contributed by atoms with van der Waals surface area (Å²) in [6.45, 7) is 12.7. The second-order valence-corrected chi connectivity index (χ2v) is 11.9. The molecule has 9 heteroatoms. The number of alkyl carbamates (subject to hydrolysis) is 1. The zero-order valence-electron chi connectivity index (χ0n) is 24.1. The minimum absolute atomic E-state index is 0.0338. The predicted octanol–water partition coefficient (Wildman–Crippen LogP) is 4.27. The average Bonchev–Trinajstić information content (AvgIpc) is 2.80. The molecule has 4 amide bonds. The first-order valence-corrected chi connectivity index (χ1v) is 13.6. The Morgan fingerprint density at radius 2 is 1.71 bits per heavy atom. The van der Waals surface area contributed by atoms with E-state index in [4.69, 9.17) is 10.5 Å². The van der Waals surface area contributed by atoms with Crippen LogP contribution in [0.1, 0.15) is 104 Å². The lowest BCUT2D eigenvalue weighted by Gasteiger charge is -2.45. The lowest BCUT2D eigenvalue weighted by molar-refractivity contribution is -0.150. The molecule has 1 aliphatic rings. The summed E-state index contributed by atoms with van der Waals surface area (Å²) in [5.41, 5.74) is 5.47. The number of benzene rings is 1. The van der Waals surface area contributed by atoms with Crippen LogP contribution in [0, 0.1) is 6.92 Å². The number of carbonyl (C=O) groups is 4. The summed E-state index contributed by atoms with van der Waals surface area (Å²) in [4.78, 5) is 54.4. The van der Waals surface area contributed by atoms with Crippen LogP contribution in [-0.2, 0) is 19.1 Å². The van der Waals surface area contributed by atoms with Gasteiger partial charge in [-0.1, -0.05) is 56.0 Å². The van der Waals surface area contributed by atoms with Crippen LogP contribution in [-0.4, -0.2) is 51.9 Å². The molecule has 212 valence electrons. The number of hydrogen-bond donors (Lipinski definition) is 3. The quantitative estimate of drug-likeness (QED) is 0.416. The van der Waals surface area contributed by atoms with E-state index in [0.29, 0.717) is 12.0 Å². The maximum Gasteiger partial charge on any atom is 0.408 e. The molecule has 1 fully saturated rings. The van der Waals surface area contributed by atoms with Gasteiger partial charge in [-0.3, -0.25) is 14.4 Å². The van der Waals surface area contributed by atoms with Crippen LogP contribution in [0.25, 0.3) is 0 Å². The largest absolute Gasteiger partial charge is 0.444 e. The van der Waals surface area contributed by atoms with Crippen molar-refractivity contribution in [2.75, 3.05) is 0 Å². The Balaban J connectivity index is 2.57. The van der Waals surface area contributed by atoms with Crippen LogP contribution >= 0.6 is 0 Å². The van der Waals surface area contributed by atoms with Crippen molar-refractivity contribution in [3.05, 3.63) is 35.4 Å². The van der Waals surface area contributed by atoms with Crippen molar-refractivity contribution in [2.45, 2.75) is 123 Å². The maximum absolute atomic E-state index is 14.2. The number of nitrogens with two attached hydrogens (primary N) is 1. The predicted molar refractivity (Wildman–Crippen MR) is 147 cm³/mol. The van der Waals surface area contributed by atoms with E-state index in [1.54, 1.807) is 20.8 Å². The van der Waals surface area contributed by atoms with Crippen molar-refractivity contribution in [3.63, 3.8) is 0 Å². The number of amides is 4. The lowest BCUT2D eigenvalue weighted by atomic mass is 9.90. The van der Waals surface area contributed by atoms with E-state index in [9.17, 15) is 19.2 Å². The standard InChI is InChI=1S/C29H46N4O5/c1-8-29(6,7)33(26(36)22(18-23(30)34)32-27(37)38-28(3,4)5)24(20-14-12-13-19(2)17-20)25(35)31-21-15-10-9-11-16-21/h12-14,17,21-22,24H,8-11,15-16,18H2,1-7H3,(H2,30,34)(H,31,35)(H,32,37). The molecule has 2 unspecified atom stereocenters. The number of ether oxygens (including phenoxy) is 1. The summed E-state index contributed by atoms with van der Waals surface area (Å²) in [5, 5.41) is 5.72. The zero-order valence-corrected chi connectivity index (χ0v) is 24.1. The highest BCUT2D eigenvalue weighted by Crippen LogP contribution is 2.33. The Morgan fingerprint density at radius 3 is 2.24 bits per heavy atom. The fourth-order valence-corrected chi connectivity index (χ4v) is 4.75. The Hall–Kier alpha value is -3.10. The van der Waals surface area contributed by atoms with Gasteiger partial charge in [0.05, 0.1) is 6.42 Å². The van der Waals surface area contributed by atoms with Gasteiger partial charge in [-0.15, -0.1) is 0 Å². The molecule has 4 N–H and O–H groups in total. The number of primary amides is 1. The van der Waals surface area contributed by atoms with Crippen molar-refractivity contribution in [1.29, 1.82) is 0 Å². The van der Waals surface area contributed by atoms with Crippen LogP contribution in [0.5, 0.6) is 0 Å². The average molecular weight is 531 g/mol. The molecule has 9 nitrogen and oxygen atoms in total. The van der Waals surface area contributed by atoms with Crippen LogP contribution in [0.4, 0.5) is 4.79 Å². The molecule has 0 spiro atoms. The molecular weight excluding hydrogens is 484 g/mol. The summed E-state index contributed by atoms with van der Waals surface area (Å²) >= 11 is 0. The first-order valence-electron chi connectivity index (χ1n) is 13.6. The topological polar surface area (TPSA) is 131 Å². The lowest BCUT2D eigenvalue weighted by Crippen LogP contribution is -2.60. The summed E-state index contributed by atoms with van der Waals surface area (Å²) in [6.07, 6.45) is 4.26. The molecule has 2 rings (SSSR count). The van der Waals surface area contributed by atoms with Gasteiger partial charge >= 0.3 is 6.09 Å². The van der Waals surface area contributed by atoms with Crippen molar-refractivity contribution < 1.29 is 23.9 Å². The second-order valence-electron chi connectivity index (χ2n) is 11.9. The van der Waals surface area contributed by atoms with E-state index in [1.165, 1.54) is 4.90 Å². The van der Waals surface area contributed by atoms with Gasteiger partial charge in [-0.2, -0.15) is 0 Å². The van der Waals surface area contributed by atoms with E-state index in [2.05, 4.69) is 10.6 Å². The highest BCUT2D eigenvalue weighted by molar-refractivity contribution is 5.95. The number of hydrogen-bond acceptors (Lipinski definition) is 5. The van der Waals surface area contributed by atoms with Crippen LogP contribution in [0.3, 0.4) is 0 Å². The molecule has 0 aromatic heterocycles. The van der Waals surface area contributed by atoms with Crippen molar-refractivity contribution in [2.24, 2.45) is 5.73 Å². The van der Waals surface area contributed by atoms with E-state index in [-0.39, 0.29) is 11.9 Å². The maximum atomic E-state index is 14.2. The van der Waals surface area contributed by atoms with Gasteiger partial charge in [0.25, 0.3) is 0 Å². The Kier molecular flexibility index (Phi) is 10.7. The minimum Gasteiger partial charge on any atom is -0.444 e. The highest BCUT2D eigenvalue weighted by Gasteiger charge is 2.44. The molecule has 0 radical (unpaired) electrons. The molecule has 1 aromatic carbocycles. The van der Waals surface area contributed by atoms with E-state index >= 15 is 0 Å². The van der Waals surface area contributed by atoms with Crippen molar-refractivity contribution in [1.82, 2.24) is 15.5 Å². The summed E-state index contributed by atoms with van der Waals surface area (Å²) in [6, 6.07) is 5.25. The number of nitrogens with zero attached hydrogens (tertiary/aromatic N) is 1. The molecule has 0 bridgehead atoms. The Labute approximate surface area is 227 Å². The van der Waals surface area contributed by atoms with Gasteiger partial charge in [0.1, 0.15) is 17.7 Å². The summed E-state index contributed by atoms with van der Waals surface area (Å²) in [5.74, 6) is -1.62. The Morgan fingerprint density at radius 1 is 1.08 bits per heavy atom. The first kappa shape index (κ1) is 31.1. The number of rotatable bonds is 10. The second kappa shape index (κ2) is 13.1. The molecule has 1 aromatic rings. The fraction of sp³-hybridized carbons (Fsp3) is 0.655. The van der Waals surface area contributed by atoms with Crippen LogP contribution in [0.2, 0.25) is 0 Å². The van der Waals surface area contributed by atoms with Gasteiger partial charge in [0.2, 0.25) is 17.7 Å². The van der Waals surface area contributed by atoms with E-state index in [1.807, 2.05) is 52.0 Å². The van der Waals surface area contributed by atoms with Crippen LogP contribution in [0.15, 0.2) is 24.3 Å². The number of carbonyl (C=O) groups excluding carboxylic acids is 4. The van der Waals surface area contributed by atoms with Crippen LogP contribution < -0.4 is 16.4 Å². The van der Waals surface area contributed by atoms with Gasteiger partial charge in [0, 0.05) is 11.6 Å². The molecule has 0 heterocycles.